The first-order valence-corrected chi connectivity index (χ1v) is 7.54. The van der Waals surface area contributed by atoms with E-state index >= 15 is 0 Å². The van der Waals surface area contributed by atoms with Crippen molar-refractivity contribution in [3.63, 3.8) is 0 Å². The average Bonchev–Trinajstić information content (AvgIpc) is 2.48. The number of carbonyl (C=O) groups is 1. The Morgan fingerprint density at radius 1 is 1.35 bits per heavy atom. The Morgan fingerprint density at radius 2 is 2.10 bits per heavy atom. The van der Waals surface area contributed by atoms with Gasteiger partial charge in [0.2, 0.25) is 0 Å². The summed E-state index contributed by atoms with van der Waals surface area (Å²) in [4.78, 5) is 20.4. The number of carbonyl (C=O) groups excluding carboxylic acids is 1. The number of thioether (sulfide) groups is 1. The molecule has 6 heteroatoms. The van der Waals surface area contributed by atoms with Crippen molar-refractivity contribution in [2.75, 3.05) is 5.75 Å². The van der Waals surface area contributed by atoms with Crippen molar-refractivity contribution >= 4 is 29.3 Å². The predicted molar refractivity (Wildman–Crippen MR) is 81.1 cm³/mol. The van der Waals surface area contributed by atoms with E-state index < -0.39 is 0 Å². The molecule has 0 bridgehead atoms. The monoisotopic (exact) mass is 307 g/mol. The smallest absolute Gasteiger partial charge is 0.271 e. The Bertz CT molecular complexity index is 592. The van der Waals surface area contributed by atoms with Crippen LogP contribution in [0.15, 0.2) is 41.7 Å². The highest BCUT2D eigenvalue weighted by Gasteiger charge is 2.13. The van der Waals surface area contributed by atoms with E-state index in [9.17, 15) is 4.79 Å². The largest absolute Gasteiger partial charge is 0.347 e. The Hall–Kier alpha value is -1.59. The molecule has 0 unspecified atom stereocenters. The first-order chi connectivity index (χ1) is 9.70. The Labute approximate surface area is 127 Å². The summed E-state index contributed by atoms with van der Waals surface area (Å²) >= 11 is 7.45. The lowest BCUT2D eigenvalue weighted by Crippen LogP contribution is -2.24. The number of halogens is 1. The van der Waals surface area contributed by atoms with E-state index in [1.165, 1.54) is 18.0 Å². The van der Waals surface area contributed by atoms with Crippen LogP contribution in [0.3, 0.4) is 0 Å². The van der Waals surface area contributed by atoms with Crippen molar-refractivity contribution in [3.05, 3.63) is 52.8 Å². The molecule has 20 heavy (non-hydrogen) atoms. The molecule has 1 heterocycles. The zero-order chi connectivity index (χ0) is 14.4. The fraction of sp³-hybridized carbons (Fsp3) is 0.214. The molecule has 0 radical (unpaired) electrons. The minimum absolute atomic E-state index is 0.216. The molecule has 1 N–H and O–H groups in total. The third-order valence-corrected chi connectivity index (χ3v) is 3.53. The van der Waals surface area contributed by atoms with E-state index in [0.717, 1.165) is 11.3 Å². The molecule has 2 rings (SSSR count). The maximum atomic E-state index is 12.1. The van der Waals surface area contributed by atoms with Crippen LogP contribution in [-0.4, -0.2) is 21.6 Å². The van der Waals surface area contributed by atoms with Gasteiger partial charge < -0.3 is 5.32 Å². The Balaban J connectivity index is 2.06. The van der Waals surface area contributed by atoms with Gasteiger partial charge in [-0.3, -0.25) is 4.79 Å². The number of nitrogens with one attached hydrogen (secondary N) is 1. The molecule has 0 saturated heterocycles. The minimum atomic E-state index is -0.292. The average molecular weight is 308 g/mol. The van der Waals surface area contributed by atoms with Gasteiger partial charge in [0.05, 0.1) is 11.2 Å². The second kappa shape index (κ2) is 7.26. The van der Waals surface area contributed by atoms with Gasteiger partial charge in [-0.2, -0.15) is 0 Å². The van der Waals surface area contributed by atoms with E-state index in [1.54, 1.807) is 0 Å². The van der Waals surface area contributed by atoms with Gasteiger partial charge in [-0.1, -0.05) is 60.6 Å². The van der Waals surface area contributed by atoms with Crippen molar-refractivity contribution in [1.29, 1.82) is 0 Å². The molecule has 0 aliphatic heterocycles. The van der Waals surface area contributed by atoms with Crippen LogP contribution in [0.4, 0.5) is 0 Å². The molecule has 0 atom stereocenters. The number of hydrogen-bond donors (Lipinski definition) is 1. The maximum absolute atomic E-state index is 12.1. The van der Waals surface area contributed by atoms with Crippen LogP contribution >= 0.6 is 23.4 Å². The van der Waals surface area contributed by atoms with Crippen LogP contribution in [0.1, 0.15) is 23.0 Å². The molecule has 1 aromatic carbocycles. The first-order valence-electron chi connectivity index (χ1n) is 6.18. The van der Waals surface area contributed by atoms with Crippen LogP contribution in [-0.2, 0) is 6.54 Å². The summed E-state index contributed by atoms with van der Waals surface area (Å²) in [6.45, 7) is 2.44. The maximum Gasteiger partial charge on any atom is 0.271 e. The van der Waals surface area contributed by atoms with E-state index in [0.29, 0.717) is 11.7 Å². The van der Waals surface area contributed by atoms with Crippen LogP contribution in [0.5, 0.6) is 0 Å². The highest BCUT2D eigenvalue weighted by molar-refractivity contribution is 7.99. The lowest BCUT2D eigenvalue weighted by atomic mass is 10.2. The summed E-state index contributed by atoms with van der Waals surface area (Å²) < 4.78 is 0. The summed E-state index contributed by atoms with van der Waals surface area (Å²) in [5, 5.41) is 3.62. The summed E-state index contributed by atoms with van der Waals surface area (Å²) in [7, 11) is 0. The molecule has 0 spiro atoms. The van der Waals surface area contributed by atoms with E-state index in [4.69, 9.17) is 11.6 Å². The highest BCUT2D eigenvalue weighted by atomic mass is 35.5. The molecule has 0 saturated carbocycles. The van der Waals surface area contributed by atoms with Crippen LogP contribution in [0.2, 0.25) is 5.02 Å². The Kier molecular flexibility index (Phi) is 5.38. The third-order valence-electron chi connectivity index (χ3n) is 2.51. The SMILES string of the molecule is CCSc1ncc(Cl)c(C(=O)NCc2ccccc2)n1. The standard InChI is InChI=1S/C14H14ClN3OS/c1-2-20-14-17-9-11(15)12(18-14)13(19)16-8-10-6-4-3-5-7-10/h3-7,9H,2,8H2,1H3,(H,16,19). The number of nitrogens with zero attached hydrogens (tertiary/aromatic N) is 2. The quantitative estimate of drug-likeness (QED) is 0.681. The molecule has 1 aromatic heterocycles. The van der Waals surface area contributed by atoms with Crippen molar-refractivity contribution in [2.24, 2.45) is 0 Å². The topological polar surface area (TPSA) is 54.9 Å². The van der Waals surface area contributed by atoms with Crippen LogP contribution in [0, 0.1) is 0 Å². The van der Waals surface area contributed by atoms with Gasteiger partial charge in [-0.15, -0.1) is 0 Å². The fourth-order valence-corrected chi connectivity index (χ4v) is 2.29. The first kappa shape index (κ1) is 14.8. The normalized spacial score (nSPS) is 10.3. The number of hydrogen-bond acceptors (Lipinski definition) is 4. The third kappa shape index (κ3) is 3.95. The van der Waals surface area contributed by atoms with Crippen molar-refractivity contribution in [3.8, 4) is 0 Å². The van der Waals surface area contributed by atoms with Gasteiger partial charge in [-0.25, -0.2) is 9.97 Å². The molecule has 1 amide bonds. The van der Waals surface area contributed by atoms with Gasteiger partial charge in [-0.05, 0) is 11.3 Å². The van der Waals surface area contributed by atoms with Crippen molar-refractivity contribution in [2.45, 2.75) is 18.6 Å². The summed E-state index contributed by atoms with van der Waals surface area (Å²) in [5.41, 5.74) is 1.24. The number of rotatable bonds is 5. The van der Waals surface area contributed by atoms with E-state index in [-0.39, 0.29) is 16.6 Å². The molecule has 2 aromatic rings. The van der Waals surface area contributed by atoms with Gasteiger partial charge >= 0.3 is 0 Å². The summed E-state index contributed by atoms with van der Waals surface area (Å²) in [5.74, 6) is 0.548. The molecule has 4 nitrogen and oxygen atoms in total. The lowest BCUT2D eigenvalue weighted by molar-refractivity contribution is 0.0945. The summed E-state index contributed by atoms with van der Waals surface area (Å²) in [6.07, 6.45) is 1.46. The number of aromatic nitrogens is 2. The van der Waals surface area contributed by atoms with Gasteiger partial charge in [0.1, 0.15) is 0 Å². The zero-order valence-electron chi connectivity index (χ0n) is 11.0. The zero-order valence-corrected chi connectivity index (χ0v) is 12.5. The van der Waals surface area contributed by atoms with E-state index in [1.807, 2.05) is 37.3 Å². The molecular weight excluding hydrogens is 294 g/mol. The van der Waals surface area contributed by atoms with Gasteiger partial charge in [0.25, 0.3) is 5.91 Å². The molecular formula is C14H14ClN3OS. The van der Waals surface area contributed by atoms with E-state index in [2.05, 4.69) is 15.3 Å². The molecule has 0 aliphatic carbocycles. The number of amides is 1. The van der Waals surface area contributed by atoms with Crippen LogP contribution in [0.25, 0.3) is 0 Å². The number of benzene rings is 1. The lowest BCUT2D eigenvalue weighted by Gasteiger charge is -2.07. The van der Waals surface area contributed by atoms with Gasteiger partial charge in [0, 0.05) is 6.54 Å². The Morgan fingerprint density at radius 3 is 2.80 bits per heavy atom. The second-order valence-corrected chi connectivity index (χ2v) is 5.59. The van der Waals surface area contributed by atoms with Crippen LogP contribution < -0.4 is 5.32 Å². The predicted octanol–water partition coefficient (Wildman–Crippen LogP) is 3.17. The highest BCUT2D eigenvalue weighted by Crippen LogP contribution is 2.18. The summed E-state index contributed by atoms with van der Waals surface area (Å²) in [6, 6.07) is 9.67. The second-order valence-electron chi connectivity index (χ2n) is 3.95. The van der Waals surface area contributed by atoms with Crippen molar-refractivity contribution < 1.29 is 4.79 Å². The van der Waals surface area contributed by atoms with Crippen molar-refractivity contribution in [1.82, 2.24) is 15.3 Å². The van der Waals surface area contributed by atoms with Gasteiger partial charge in [0.15, 0.2) is 10.9 Å². The molecule has 0 fully saturated rings. The fourth-order valence-electron chi connectivity index (χ4n) is 1.57. The molecule has 0 aliphatic rings. The minimum Gasteiger partial charge on any atom is -0.347 e. The molecule has 104 valence electrons.